The highest BCUT2D eigenvalue weighted by molar-refractivity contribution is 5.26. The van der Waals surface area contributed by atoms with Crippen LogP contribution in [0.4, 0.5) is 0 Å². The van der Waals surface area contributed by atoms with Crippen LogP contribution in [0.2, 0.25) is 0 Å². The number of aliphatic hydroxyl groups excluding tert-OH is 1. The van der Waals surface area contributed by atoms with E-state index in [2.05, 4.69) is 6.92 Å². The van der Waals surface area contributed by atoms with Crippen LogP contribution in [0.25, 0.3) is 0 Å². The highest BCUT2D eigenvalue weighted by atomic mass is 16.3. The lowest BCUT2D eigenvalue weighted by atomic mass is 9.64. The van der Waals surface area contributed by atoms with Gasteiger partial charge in [-0.3, -0.25) is 0 Å². The second-order valence-corrected chi connectivity index (χ2v) is 4.86. The van der Waals surface area contributed by atoms with Gasteiger partial charge in [-0.15, -0.1) is 0 Å². The second kappa shape index (κ2) is 3.45. The third kappa shape index (κ3) is 1.54. The molecule has 2 aliphatic rings. The topological polar surface area (TPSA) is 20.2 Å². The molecule has 0 unspecified atom stereocenters. The summed E-state index contributed by atoms with van der Waals surface area (Å²) in [6.45, 7) is 2.71. The first-order valence-electron chi connectivity index (χ1n) is 5.58. The molecule has 13 heavy (non-hydrogen) atoms. The Hall–Kier alpha value is -0.300. The minimum absolute atomic E-state index is 0.310. The molecule has 2 aliphatic carbocycles. The van der Waals surface area contributed by atoms with E-state index < -0.39 is 0 Å². The number of allylic oxidation sites excluding steroid dienone is 1. The van der Waals surface area contributed by atoms with E-state index in [1.165, 1.54) is 44.1 Å². The summed E-state index contributed by atoms with van der Waals surface area (Å²) in [4.78, 5) is 0. The Morgan fingerprint density at radius 3 is 2.69 bits per heavy atom. The van der Waals surface area contributed by atoms with E-state index in [-0.39, 0.29) is 0 Å². The lowest BCUT2D eigenvalue weighted by Gasteiger charge is -2.41. The first-order valence-corrected chi connectivity index (χ1v) is 5.58. The third-order valence-electron chi connectivity index (χ3n) is 3.96. The van der Waals surface area contributed by atoms with Crippen molar-refractivity contribution in [3.05, 3.63) is 11.1 Å². The molecule has 1 N–H and O–H groups in total. The Morgan fingerprint density at radius 1 is 1.15 bits per heavy atom. The van der Waals surface area contributed by atoms with Gasteiger partial charge in [-0.1, -0.05) is 18.9 Å². The van der Waals surface area contributed by atoms with Crippen LogP contribution in [0.1, 0.15) is 51.9 Å². The van der Waals surface area contributed by atoms with E-state index in [4.69, 9.17) is 0 Å². The van der Waals surface area contributed by atoms with Crippen molar-refractivity contribution in [2.75, 3.05) is 6.61 Å². The summed E-state index contributed by atoms with van der Waals surface area (Å²) in [5.74, 6) is 0. The highest BCUT2D eigenvalue weighted by Crippen LogP contribution is 2.49. The normalized spacial score (nSPS) is 34.6. The van der Waals surface area contributed by atoms with Crippen molar-refractivity contribution in [3.63, 3.8) is 0 Å². The third-order valence-corrected chi connectivity index (χ3v) is 3.96. The average molecular weight is 180 g/mol. The van der Waals surface area contributed by atoms with Crippen molar-refractivity contribution < 1.29 is 5.11 Å². The molecule has 1 fully saturated rings. The van der Waals surface area contributed by atoms with Gasteiger partial charge in [0.15, 0.2) is 0 Å². The minimum atomic E-state index is 0.310. The lowest BCUT2D eigenvalue weighted by molar-refractivity contribution is 0.238. The van der Waals surface area contributed by atoms with E-state index in [1.54, 1.807) is 5.57 Å². The standard InChI is InChI=1S/C12H20O/c1-12-7-3-2-6-11(12)10(9-13)5-4-8-12/h13H,2-9H2,1H3/t12-/m1/s1. The molecule has 1 heteroatoms. The molecule has 0 amide bonds. The van der Waals surface area contributed by atoms with Gasteiger partial charge in [0.25, 0.3) is 0 Å². The zero-order valence-electron chi connectivity index (χ0n) is 8.60. The van der Waals surface area contributed by atoms with Crippen LogP contribution in [0.3, 0.4) is 0 Å². The van der Waals surface area contributed by atoms with Gasteiger partial charge < -0.3 is 5.11 Å². The maximum atomic E-state index is 9.29. The molecule has 0 aromatic carbocycles. The molecule has 1 nitrogen and oxygen atoms in total. The van der Waals surface area contributed by atoms with Crippen molar-refractivity contribution >= 4 is 0 Å². The predicted molar refractivity (Wildman–Crippen MR) is 54.5 cm³/mol. The molecular formula is C12H20O. The van der Waals surface area contributed by atoms with Gasteiger partial charge in [0, 0.05) is 0 Å². The number of hydrogen-bond donors (Lipinski definition) is 1. The average Bonchev–Trinajstić information content (AvgIpc) is 2.15. The molecule has 0 saturated heterocycles. The van der Waals surface area contributed by atoms with Crippen molar-refractivity contribution in [1.29, 1.82) is 0 Å². The Kier molecular flexibility index (Phi) is 2.46. The molecule has 0 radical (unpaired) electrons. The van der Waals surface area contributed by atoms with E-state index in [9.17, 15) is 5.11 Å². The second-order valence-electron chi connectivity index (χ2n) is 4.86. The summed E-state index contributed by atoms with van der Waals surface area (Å²) in [5, 5.41) is 9.29. The molecule has 74 valence electrons. The summed E-state index contributed by atoms with van der Waals surface area (Å²) in [6.07, 6.45) is 9.13. The van der Waals surface area contributed by atoms with Crippen LogP contribution in [-0.4, -0.2) is 11.7 Å². The summed E-state index contributed by atoms with van der Waals surface area (Å²) >= 11 is 0. The molecule has 0 aromatic rings. The van der Waals surface area contributed by atoms with Crippen LogP contribution >= 0.6 is 0 Å². The highest BCUT2D eigenvalue weighted by Gasteiger charge is 2.35. The number of fused-ring (bicyclic) bond motifs is 1. The molecule has 0 aliphatic heterocycles. The molecule has 0 heterocycles. The Morgan fingerprint density at radius 2 is 1.92 bits per heavy atom. The molecule has 0 aromatic heterocycles. The minimum Gasteiger partial charge on any atom is -0.392 e. The van der Waals surface area contributed by atoms with Gasteiger partial charge in [0.2, 0.25) is 0 Å². The SMILES string of the molecule is C[C@]12CCCCC1=C(CO)CCC2. The van der Waals surface area contributed by atoms with Gasteiger partial charge in [-0.05, 0) is 49.5 Å². The first kappa shape index (κ1) is 9.26. The summed E-state index contributed by atoms with van der Waals surface area (Å²) in [7, 11) is 0. The van der Waals surface area contributed by atoms with Gasteiger partial charge in [-0.25, -0.2) is 0 Å². The van der Waals surface area contributed by atoms with E-state index in [0.717, 1.165) is 6.42 Å². The first-order chi connectivity index (χ1) is 6.26. The van der Waals surface area contributed by atoms with Gasteiger partial charge in [-0.2, -0.15) is 0 Å². The molecule has 1 saturated carbocycles. The van der Waals surface area contributed by atoms with Gasteiger partial charge in [0.1, 0.15) is 0 Å². The van der Waals surface area contributed by atoms with Crippen molar-refractivity contribution in [2.45, 2.75) is 51.9 Å². The lowest BCUT2D eigenvalue weighted by Crippen LogP contribution is -2.28. The van der Waals surface area contributed by atoms with Gasteiger partial charge in [0.05, 0.1) is 6.61 Å². The number of hydrogen-bond acceptors (Lipinski definition) is 1. The van der Waals surface area contributed by atoms with Crippen LogP contribution in [0.15, 0.2) is 11.1 Å². The molecule has 1 atom stereocenters. The van der Waals surface area contributed by atoms with Crippen LogP contribution in [0.5, 0.6) is 0 Å². The van der Waals surface area contributed by atoms with Gasteiger partial charge >= 0.3 is 0 Å². The molecular weight excluding hydrogens is 160 g/mol. The largest absolute Gasteiger partial charge is 0.392 e. The predicted octanol–water partition coefficient (Wildman–Crippen LogP) is 3.04. The fraction of sp³-hybridized carbons (Fsp3) is 0.833. The van der Waals surface area contributed by atoms with Crippen LogP contribution < -0.4 is 0 Å². The summed E-state index contributed by atoms with van der Waals surface area (Å²) in [6, 6.07) is 0. The Balaban J connectivity index is 2.31. The monoisotopic (exact) mass is 180 g/mol. The Bertz CT molecular complexity index is 229. The summed E-state index contributed by atoms with van der Waals surface area (Å²) < 4.78 is 0. The molecule has 0 bridgehead atoms. The number of aliphatic hydroxyl groups is 1. The summed E-state index contributed by atoms with van der Waals surface area (Å²) in [5.41, 5.74) is 3.45. The zero-order chi connectivity index (χ0) is 9.31. The fourth-order valence-electron chi connectivity index (χ4n) is 3.17. The maximum Gasteiger partial charge on any atom is 0.0644 e. The van der Waals surface area contributed by atoms with Crippen LogP contribution in [0, 0.1) is 5.41 Å². The Labute approximate surface area is 80.8 Å². The smallest absolute Gasteiger partial charge is 0.0644 e. The molecule has 0 spiro atoms. The van der Waals surface area contributed by atoms with E-state index in [0.29, 0.717) is 12.0 Å². The van der Waals surface area contributed by atoms with Crippen LogP contribution in [-0.2, 0) is 0 Å². The zero-order valence-corrected chi connectivity index (χ0v) is 8.60. The van der Waals surface area contributed by atoms with Crippen molar-refractivity contribution in [2.24, 2.45) is 5.41 Å². The van der Waals surface area contributed by atoms with E-state index >= 15 is 0 Å². The fourth-order valence-corrected chi connectivity index (χ4v) is 3.17. The van der Waals surface area contributed by atoms with Crippen molar-refractivity contribution in [3.8, 4) is 0 Å². The molecule has 2 rings (SSSR count). The maximum absolute atomic E-state index is 9.29. The van der Waals surface area contributed by atoms with E-state index in [1.807, 2.05) is 0 Å². The number of rotatable bonds is 1. The quantitative estimate of drug-likeness (QED) is 0.615. The van der Waals surface area contributed by atoms with Crippen molar-refractivity contribution in [1.82, 2.24) is 0 Å².